The van der Waals surface area contributed by atoms with Crippen LogP contribution in [-0.2, 0) is 33.7 Å². The van der Waals surface area contributed by atoms with Crippen LogP contribution in [-0.4, -0.2) is 40.2 Å². The van der Waals surface area contributed by atoms with Crippen LogP contribution in [0.25, 0.3) is 10.9 Å². The number of primary amides is 1. The third-order valence-electron chi connectivity index (χ3n) is 5.09. The summed E-state index contributed by atoms with van der Waals surface area (Å²) in [6.45, 7) is -0.319. The number of esters is 1. The largest absolute Gasteiger partial charge is 0.468 e. The molecule has 32 heavy (non-hydrogen) atoms. The number of nitrogens with one attached hydrogen (secondary N) is 1. The molecule has 0 atom stereocenters. The second-order valence-electron chi connectivity index (χ2n) is 7.14. The number of nitrogens with zero attached hydrogens (tertiary/aromatic N) is 2. The van der Waals surface area contributed by atoms with Crippen LogP contribution in [0.4, 0.5) is 5.00 Å². The van der Waals surface area contributed by atoms with E-state index in [1.807, 2.05) is 0 Å². The number of methoxy groups -OCH3 is 1. The van der Waals surface area contributed by atoms with Gasteiger partial charge in [-0.1, -0.05) is 23.9 Å². The number of thiophene rings is 1. The standard InChI is InChI=1S/C21H20N4O5S2/c1-30-16(27)9-25-20(29)11-5-2-3-7-13(11)23-21(25)31-10-15(26)24-19-17(18(22)28)12-6-4-8-14(12)32-19/h2-3,5,7H,4,6,8-10H2,1H3,(H2,22,28)(H,24,26). The summed E-state index contributed by atoms with van der Waals surface area (Å²) in [4.78, 5) is 54.8. The molecular formula is C21H20N4O5S2. The van der Waals surface area contributed by atoms with Gasteiger partial charge in [-0.05, 0) is 37.0 Å². The first kappa shape index (κ1) is 22.0. The van der Waals surface area contributed by atoms with E-state index in [4.69, 9.17) is 5.73 Å². The van der Waals surface area contributed by atoms with E-state index >= 15 is 0 Å². The first-order chi connectivity index (χ1) is 15.4. The number of benzene rings is 1. The van der Waals surface area contributed by atoms with E-state index < -0.39 is 17.4 Å². The Labute approximate surface area is 191 Å². The molecule has 1 aromatic carbocycles. The third-order valence-corrected chi connectivity index (χ3v) is 7.28. The highest BCUT2D eigenvalue weighted by atomic mass is 32.2. The highest BCUT2D eigenvalue weighted by Gasteiger charge is 2.26. The molecule has 11 heteroatoms. The summed E-state index contributed by atoms with van der Waals surface area (Å²) in [6.07, 6.45) is 2.61. The molecule has 2 amide bonds. The molecular weight excluding hydrogens is 452 g/mol. The number of fused-ring (bicyclic) bond motifs is 2. The van der Waals surface area contributed by atoms with Gasteiger partial charge in [0.2, 0.25) is 5.91 Å². The number of ether oxygens (including phenoxy) is 1. The van der Waals surface area contributed by atoms with Crippen molar-refractivity contribution in [3.05, 3.63) is 50.6 Å². The predicted octanol–water partition coefficient (Wildman–Crippen LogP) is 1.95. The lowest BCUT2D eigenvalue weighted by atomic mass is 10.1. The normalized spacial score (nSPS) is 12.5. The number of anilines is 1. The first-order valence-electron chi connectivity index (χ1n) is 9.82. The van der Waals surface area contributed by atoms with Gasteiger partial charge in [0.05, 0.1) is 29.3 Å². The molecule has 3 aromatic rings. The molecule has 4 rings (SSSR count). The van der Waals surface area contributed by atoms with Crippen molar-refractivity contribution in [3.63, 3.8) is 0 Å². The quantitative estimate of drug-likeness (QED) is 0.305. The Morgan fingerprint density at radius 1 is 1.28 bits per heavy atom. The monoisotopic (exact) mass is 472 g/mol. The fourth-order valence-corrected chi connectivity index (χ4v) is 5.75. The maximum atomic E-state index is 12.9. The average molecular weight is 473 g/mol. The minimum absolute atomic E-state index is 0.0767. The minimum atomic E-state index is -0.602. The predicted molar refractivity (Wildman–Crippen MR) is 122 cm³/mol. The van der Waals surface area contributed by atoms with Gasteiger partial charge in [0.1, 0.15) is 11.5 Å². The van der Waals surface area contributed by atoms with Gasteiger partial charge in [0.25, 0.3) is 11.5 Å². The maximum absolute atomic E-state index is 12.9. The van der Waals surface area contributed by atoms with Crippen LogP contribution < -0.4 is 16.6 Å². The number of amides is 2. The van der Waals surface area contributed by atoms with Gasteiger partial charge in [0, 0.05) is 4.88 Å². The molecule has 0 spiro atoms. The lowest BCUT2D eigenvalue weighted by Gasteiger charge is -2.12. The number of carbonyl (C=O) groups excluding carboxylic acids is 3. The Balaban J connectivity index is 1.57. The van der Waals surface area contributed by atoms with Crippen LogP contribution in [0.5, 0.6) is 0 Å². The van der Waals surface area contributed by atoms with Crippen LogP contribution in [0.3, 0.4) is 0 Å². The zero-order chi connectivity index (χ0) is 22.8. The summed E-state index contributed by atoms with van der Waals surface area (Å²) in [5.41, 5.74) is 6.92. The smallest absolute Gasteiger partial charge is 0.325 e. The van der Waals surface area contributed by atoms with E-state index in [9.17, 15) is 19.2 Å². The number of para-hydroxylation sites is 1. The number of aromatic nitrogens is 2. The molecule has 1 aliphatic rings. The van der Waals surface area contributed by atoms with Gasteiger partial charge in [-0.15, -0.1) is 11.3 Å². The molecule has 0 bridgehead atoms. The van der Waals surface area contributed by atoms with Gasteiger partial charge in [-0.2, -0.15) is 0 Å². The molecule has 1 aliphatic carbocycles. The van der Waals surface area contributed by atoms with Crippen molar-refractivity contribution >= 4 is 56.8 Å². The second kappa shape index (κ2) is 9.13. The van der Waals surface area contributed by atoms with Crippen LogP contribution in [0, 0.1) is 0 Å². The van der Waals surface area contributed by atoms with Crippen molar-refractivity contribution in [1.82, 2.24) is 9.55 Å². The Morgan fingerprint density at radius 2 is 2.06 bits per heavy atom. The van der Waals surface area contributed by atoms with Crippen molar-refractivity contribution < 1.29 is 19.1 Å². The SMILES string of the molecule is COC(=O)Cn1c(SCC(=O)Nc2sc3c(c2C(N)=O)CCC3)nc2ccccc2c1=O. The van der Waals surface area contributed by atoms with E-state index in [1.54, 1.807) is 24.3 Å². The van der Waals surface area contributed by atoms with Crippen LogP contribution >= 0.6 is 23.1 Å². The molecule has 0 unspecified atom stereocenters. The van der Waals surface area contributed by atoms with E-state index in [-0.39, 0.29) is 23.4 Å². The molecule has 0 aliphatic heterocycles. The molecule has 0 saturated heterocycles. The highest BCUT2D eigenvalue weighted by Crippen LogP contribution is 2.38. The first-order valence-corrected chi connectivity index (χ1v) is 11.6. The van der Waals surface area contributed by atoms with E-state index in [0.29, 0.717) is 21.5 Å². The zero-order valence-corrected chi connectivity index (χ0v) is 18.8. The zero-order valence-electron chi connectivity index (χ0n) is 17.2. The van der Waals surface area contributed by atoms with E-state index in [0.717, 1.165) is 41.5 Å². The summed E-state index contributed by atoms with van der Waals surface area (Å²) < 4.78 is 5.88. The van der Waals surface area contributed by atoms with E-state index in [2.05, 4.69) is 15.0 Å². The summed E-state index contributed by atoms with van der Waals surface area (Å²) in [5, 5.41) is 3.80. The summed E-state index contributed by atoms with van der Waals surface area (Å²) >= 11 is 2.39. The van der Waals surface area contributed by atoms with Gasteiger partial charge in [-0.25, -0.2) is 4.98 Å². The van der Waals surface area contributed by atoms with Gasteiger partial charge in [-0.3, -0.25) is 23.7 Å². The summed E-state index contributed by atoms with van der Waals surface area (Å²) in [6, 6.07) is 6.78. The van der Waals surface area contributed by atoms with Gasteiger partial charge >= 0.3 is 5.97 Å². The Morgan fingerprint density at radius 3 is 2.81 bits per heavy atom. The number of thioether (sulfide) groups is 1. The average Bonchev–Trinajstić information content (AvgIpc) is 3.34. The highest BCUT2D eigenvalue weighted by molar-refractivity contribution is 7.99. The number of hydrogen-bond acceptors (Lipinski definition) is 8. The Kier molecular flexibility index (Phi) is 6.28. The lowest BCUT2D eigenvalue weighted by Crippen LogP contribution is -2.28. The van der Waals surface area contributed by atoms with Crippen LogP contribution in [0.1, 0.15) is 27.2 Å². The summed E-state index contributed by atoms with van der Waals surface area (Å²) in [7, 11) is 1.23. The fraction of sp³-hybridized carbons (Fsp3) is 0.286. The maximum Gasteiger partial charge on any atom is 0.325 e. The van der Waals surface area contributed by atoms with Crippen LogP contribution in [0.2, 0.25) is 0 Å². The molecule has 166 valence electrons. The fourth-order valence-electron chi connectivity index (χ4n) is 3.64. The second-order valence-corrected chi connectivity index (χ2v) is 9.19. The van der Waals surface area contributed by atoms with Crippen LogP contribution in [0.15, 0.2) is 34.2 Å². The number of aryl methyl sites for hydroxylation is 1. The number of rotatable bonds is 7. The molecule has 0 fully saturated rings. The molecule has 9 nitrogen and oxygen atoms in total. The van der Waals surface area contributed by atoms with E-state index in [1.165, 1.54) is 23.0 Å². The third kappa shape index (κ3) is 4.26. The Bertz CT molecular complexity index is 1300. The number of carbonyl (C=O) groups is 3. The molecule has 0 radical (unpaired) electrons. The van der Waals surface area contributed by atoms with Gasteiger partial charge < -0.3 is 15.8 Å². The van der Waals surface area contributed by atoms with Gasteiger partial charge in [0.15, 0.2) is 5.16 Å². The molecule has 0 saturated carbocycles. The molecule has 2 heterocycles. The van der Waals surface area contributed by atoms with Crippen molar-refractivity contribution in [2.75, 3.05) is 18.2 Å². The molecule has 2 aromatic heterocycles. The molecule has 3 N–H and O–H groups in total. The number of hydrogen-bond donors (Lipinski definition) is 2. The number of nitrogens with two attached hydrogens (primary N) is 1. The Hall–Kier alpha value is -3.18. The summed E-state index contributed by atoms with van der Waals surface area (Å²) in [5.74, 6) is -1.61. The lowest BCUT2D eigenvalue weighted by molar-refractivity contribution is -0.141. The van der Waals surface area contributed by atoms with Crippen molar-refractivity contribution in [1.29, 1.82) is 0 Å². The van der Waals surface area contributed by atoms with Crippen molar-refractivity contribution in [2.45, 2.75) is 31.0 Å². The van der Waals surface area contributed by atoms with Crippen molar-refractivity contribution in [2.24, 2.45) is 5.73 Å². The minimum Gasteiger partial charge on any atom is -0.468 e. The topological polar surface area (TPSA) is 133 Å². The van der Waals surface area contributed by atoms with Crippen molar-refractivity contribution in [3.8, 4) is 0 Å².